The normalized spacial score (nSPS) is 24.6. The summed E-state index contributed by atoms with van der Waals surface area (Å²) in [5.74, 6) is -0.278. The van der Waals surface area contributed by atoms with Crippen LogP contribution in [-0.2, 0) is 33.3 Å². The van der Waals surface area contributed by atoms with Crippen LogP contribution in [0.25, 0.3) is 0 Å². The lowest BCUT2D eigenvalue weighted by Crippen LogP contribution is -2.10. The van der Waals surface area contributed by atoms with Crippen LogP contribution in [0.15, 0.2) is 0 Å². The summed E-state index contributed by atoms with van der Waals surface area (Å²) >= 11 is 0. The van der Waals surface area contributed by atoms with Crippen molar-refractivity contribution in [3.05, 3.63) is 0 Å². The molecule has 0 aromatic rings. The van der Waals surface area contributed by atoms with Gasteiger partial charge in [-0.1, -0.05) is 123 Å². The van der Waals surface area contributed by atoms with Crippen LogP contribution >= 0.6 is 0 Å². The molecule has 7 nitrogen and oxygen atoms in total. The van der Waals surface area contributed by atoms with Gasteiger partial charge in [-0.05, 0) is 38.5 Å². The van der Waals surface area contributed by atoms with E-state index in [4.69, 9.17) is 23.7 Å². The van der Waals surface area contributed by atoms with E-state index in [1.54, 1.807) is 0 Å². The number of hydrogen-bond acceptors (Lipinski definition) is 7. The average molecular weight is 651 g/mol. The maximum absolute atomic E-state index is 12.0. The Balaban J connectivity index is 0.972. The molecule has 3 aliphatic heterocycles. The molecule has 0 N–H and O–H groups in total. The Kier molecular flexibility index (Phi) is 21.2. The van der Waals surface area contributed by atoms with E-state index in [1.165, 1.54) is 109 Å². The summed E-state index contributed by atoms with van der Waals surface area (Å²) in [5, 5.41) is 0. The molecule has 6 unspecified atom stereocenters. The summed E-state index contributed by atoms with van der Waals surface area (Å²) in [5.41, 5.74) is 0. The van der Waals surface area contributed by atoms with Gasteiger partial charge in [0.1, 0.15) is 0 Å². The van der Waals surface area contributed by atoms with Crippen molar-refractivity contribution in [2.45, 2.75) is 224 Å². The van der Waals surface area contributed by atoms with E-state index in [0.29, 0.717) is 69.1 Å². The first-order chi connectivity index (χ1) is 22.6. The van der Waals surface area contributed by atoms with Crippen molar-refractivity contribution in [1.29, 1.82) is 0 Å². The standard InChI is InChI=1S/C39H70O7/c1-3-5-7-8-11-17-24-32-33(44-32)25-18-12-9-14-20-27-38(40)42-29-22-30-43-39(41)28-21-15-10-13-19-26-35-37(46-35)31-36-34(45-36)23-16-6-4-2/h32-37H,3-31H2,1-2H3. The van der Waals surface area contributed by atoms with Gasteiger partial charge in [0.25, 0.3) is 0 Å². The van der Waals surface area contributed by atoms with Gasteiger partial charge in [0.15, 0.2) is 0 Å². The quantitative estimate of drug-likeness (QED) is 0.0397. The molecule has 46 heavy (non-hydrogen) atoms. The van der Waals surface area contributed by atoms with Crippen LogP contribution in [0.3, 0.4) is 0 Å². The van der Waals surface area contributed by atoms with Crippen molar-refractivity contribution >= 4 is 11.9 Å². The molecule has 3 saturated heterocycles. The number of rotatable bonds is 33. The molecule has 0 saturated carbocycles. The van der Waals surface area contributed by atoms with Crippen molar-refractivity contribution in [2.24, 2.45) is 0 Å². The topological polar surface area (TPSA) is 90.2 Å². The molecule has 0 aromatic carbocycles. The largest absolute Gasteiger partial charge is 0.466 e. The van der Waals surface area contributed by atoms with E-state index in [2.05, 4.69) is 13.8 Å². The molecule has 0 amide bonds. The van der Waals surface area contributed by atoms with Gasteiger partial charge >= 0.3 is 11.9 Å². The molecule has 6 atom stereocenters. The van der Waals surface area contributed by atoms with Crippen LogP contribution in [-0.4, -0.2) is 61.8 Å². The summed E-state index contributed by atoms with van der Waals surface area (Å²) in [7, 11) is 0. The highest BCUT2D eigenvalue weighted by Gasteiger charge is 2.47. The van der Waals surface area contributed by atoms with Gasteiger partial charge in [-0.25, -0.2) is 0 Å². The number of epoxide rings is 3. The van der Waals surface area contributed by atoms with Gasteiger partial charge < -0.3 is 23.7 Å². The Labute approximate surface area is 281 Å². The van der Waals surface area contributed by atoms with Gasteiger partial charge in [0.2, 0.25) is 0 Å². The lowest BCUT2D eigenvalue weighted by molar-refractivity contribution is -0.146. The van der Waals surface area contributed by atoms with Gasteiger partial charge in [-0.3, -0.25) is 9.59 Å². The third kappa shape index (κ3) is 19.6. The highest BCUT2D eigenvalue weighted by molar-refractivity contribution is 5.69. The average Bonchev–Trinajstić information content (AvgIpc) is 3.98. The maximum atomic E-state index is 12.0. The first kappa shape index (κ1) is 39.3. The SMILES string of the molecule is CCCCCCCCC1OC1CCCCCCCC(=O)OCCCOC(=O)CCCCCCCC1OC1CC1OC1CCCCC. The van der Waals surface area contributed by atoms with Crippen LogP contribution in [0.2, 0.25) is 0 Å². The fourth-order valence-corrected chi connectivity index (χ4v) is 6.78. The summed E-state index contributed by atoms with van der Waals surface area (Å²) in [6.07, 6.45) is 33.4. The molecule has 3 rings (SSSR count). The Morgan fingerprint density at radius 1 is 0.413 bits per heavy atom. The fraction of sp³-hybridized carbons (Fsp3) is 0.949. The van der Waals surface area contributed by atoms with Crippen molar-refractivity contribution in [3.63, 3.8) is 0 Å². The molecule has 0 spiro atoms. The predicted octanol–water partition coefficient (Wildman–Crippen LogP) is 9.95. The summed E-state index contributed by atoms with van der Waals surface area (Å²) in [6.45, 7) is 5.16. The zero-order valence-electron chi connectivity index (χ0n) is 29.8. The second-order valence-electron chi connectivity index (χ2n) is 14.3. The third-order valence-corrected chi connectivity index (χ3v) is 10.0. The van der Waals surface area contributed by atoms with E-state index >= 15 is 0 Å². The molecule has 3 heterocycles. The highest BCUT2D eigenvalue weighted by Crippen LogP contribution is 2.39. The summed E-state index contributed by atoms with van der Waals surface area (Å²) < 4.78 is 28.1. The summed E-state index contributed by atoms with van der Waals surface area (Å²) in [4.78, 5) is 23.9. The Hall–Kier alpha value is -1.18. The van der Waals surface area contributed by atoms with E-state index < -0.39 is 0 Å². The van der Waals surface area contributed by atoms with Gasteiger partial charge in [0.05, 0.1) is 49.8 Å². The molecule has 7 heteroatoms. The Morgan fingerprint density at radius 2 is 0.739 bits per heavy atom. The first-order valence-corrected chi connectivity index (χ1v) is 19.9. The van der Waals surface area contributed by atoms with Crippen LogP contribution in [0.4, 0.5) is 0 Å². The van der Waals surface area contributed by atoms with Crippen LogP contribution in [0.1, 0.15) is 187 Å². The number of carbonyl (C=O) groups excluding carboxylic acids is 2. The second-order valence-corrected chi connectivity index (χ2v) is 14.3. The molecule has 268 valence electrons. The molecule has 0 aromatic heterocycles. The smallest absolute Gasteiger partial charge is 0.305 e. The highest BCUT2D eigenvalue weighted by atomic mass is 16.6. The lowest BCUT2D eigenvalue weighted by atomic mass is 10.0. The predicted molar refractivity (Wildman–Crippen MR) is 184 cm³/mol. The van der Waals surface area contributed by atoms with E-state index in [-0.39, 0.29) is 11.9 Å². The molecular formula is C39H70O7. The van der Waals surface area contributed by atoms with E-state index in [0.717, 1.165) is 44.9 Å². The molecular weight excluding hydrogens is 580 g/mol. The molecule has 3 aliphatic rings. The number of hydrogen-bond donors (Lipinski definition) is 0. The number of ether oxygens (including phenoxy) is 5. The number of carbonyl (C=O) groups is 2. The van der Waals surface area contributed by atoms with Gasteiger partial charge in [-0.15, -0.1) is 0 Å². The fourth-order valence-electron chi connectivity index (χ4n) is 6.78. The van der Waals surface area contributed by atoms with Crippen molar-refractivity contribution in [2.75, 3.05) is 13.2 Å². The van der Waals surface area contributed by atoms with Crippen molar-refractivity contribution in [1.82, 2.24) is 0 Å². The number of unbranched alkanes of at least 4 members (excludes halogenated alkanes) is 15. The number of esters is 2. The van der Waals surface area contributed by atoms with Crippen LogP contribution in [0.5, 0.6) is 0 Å². The van der Waals surface area contributed by atoms with Crippen molar-refractivity contribution < 1.29 is 33.3 Å². The van der Waals surface area contributed by atoms with E-state index in [9.17, 15) is 9.59 Å². The van der Waals surface area contributed by atoms with Gasteiger partial charge in [0, 0.05) is 25.7 Å². The van der Waals surface area contributed by atoms with Gasteiger partial charge in [-0.2, -0.15) is 0 Å². The zero-order valence-corrected chi connectivity index (χ0v) is 29.8. The Bertz CT molecular complexity index is 788. The van der Waals surface area contributed by atoms with Crippen LogP contribution in [0, 0.1) is 0 Å². The van der Waals surface area contributed by atoms with E-state index in [1.807, 2.05) is 0 Å². The Morgan fingerprint density at radius 3 is 1.20 bits per heavy atom. The molecule has 3 fully saturated rings. The minimum Gasteiger partial charge on any atom is -0.466 e. The van der Waals surface area contributed by atoms with Crippen LogP contribution < -0.4 is 0 Å². The first-order valence-electron chi connectivity index (χ1n) is 19.9. The third-order valence-electron chi connectivity index (χ3n) is 10.0. The molecule has 0 radical (unpaired) electrons. The van der Waals surface area contributed by atoms with Crippen molar-refractivity contribution in [3.8, 4) is 0 Å². The summed E-state index contributed by atoms with van der Waals surface area (Å²) in [6, 6.07) is 0. The molecule has 0 aliphatic carbocycles. The lowest BCUT2D eigenvalue weighted by Gasteiger charge is -2.07. The maximum Gasteiger partial charge on any atom is 0.305 e. The second kappa shape index (κ2) is 24.9. The minimum atomic E-state index is -0.141. The minimum absolute atomic E-state index is 0.137. The zero-order chi connectivity index (χ0) is 32.7. The molecule has 0 bridgehead atoms. The monoisotopic (exact) mass is 651 g/mol.